The minimum atomic E-state index is -1.41. The third-order valence-corrected chi connectivity index (χ3v) is 7.47. The third-order valence-electron chi connectivity index (χ3n) is 7.47. The van der Waals surface area contributed by atoms with Gasteiger partial charge in [-0.15, -0.1) is 0 Å². The van der Waals surface area contributed by atoms with E-state index in [0.29, 0.717) is 32.8 Å². The van der Waals surface area contributed by atoms with Crippen LogP contribution in [-0.4, -0.2) is 78.5 Å². The topological polar surface area (TPSA) is 80.6 Å². The summed E-state index contributed by atoms with van der Waals surface area (Å²) in [6.07, 6.45) is 21.9. The van der Waals surface area contributed by atoms with E-state index in [2.05, 4.69) is 46.8 Å². The van der Waals surface area contributed by atoms with E-state index in [4.69, 9.17) is 18.9 Å². The highest BCUT2D eigenvalue weighted by Crippen LogP contribution is 2.41. The average Bonchev–Trinajstić information content (AvgIpc) is 2.98. The molecule has 0 aliphatic carbocycles. The highest BCUT2D eigenvalue weighted by atomic mass is 16.8. The fraction of sp³-hybridized carbons (Fsp3) is 0.944. The third kappa shape index (κ3) is 18.3. The van der Waals surface area contributed by atoms with Crippen molar-refractivity contribution < 1.29 is 29.2 Å². The lowest BCUT2D eigenvalue weighted by Crippen LogP contribution is -2.71. The fourth-order valence-electron chi connectivity index (χ4n) is 5.43. The molecule has 2 unspecified atom stereocenters. The van der Waals surface area contributed by atoms with Gasteiger partial charge in [-0.3, -0.25) is 0 Å². The maximum absolute atomic E-state index is 10.6. The van der Waals surface area contributed by atoms with Gasteiger partial charge in [-0.05, 0) is 71.6 Å². The van der Waals surface area contributed by atoms with E-state index in [1.807, 2.05) is 4.90 Å². The number of unbranched alkanes of at least 4 members (excludes halogenated alkanes) is 10. The van der Waals surface area contributed by atoms with Crippen LogP contribution in [0.2, 0.25) is 0 Å². The van der Waals surface area contributed by atoms with Gasteiger partial charge in [-0.25, -0.2) is 4.90 Å². The molecule has 0 radical (unpaired) electrons. The second kappa shape index (κ2) is 27.7. The van der Waals surface area contributed by atoms with Crippen molar-refractivity contribution in [3.63, 3.8) is 0 Å². The zero-order chi connectivity index (χ0) is 32.2. The molecule has 0 aliphatic rings. The van der Waals surface area contributed by atoms with E-state index < -0.39 is 23.9 Å². The minimum Gasteiger partial charge on any atom is -0.392 e. The molecule has 0 amide bonds. The van der Waals surface area contributed by atoms with Crippen molar-refractivity contribution >= 4 is 0 Å². The first-order chi connectivity index (χ1) is 20.8. The van der Waals surface area contributed by atoms with Gasteiger partial charge in [-0.1, -0.05) is 91.7 Å². The van der Waals surface area contributed by atoms with Gasteiger partial charge >= 0.3 is 0 Å². The first-order valence-corrected chi connectivity index (χ1v) is 18.1. The Hall–Kier alpha value is -0.540. The monoisotopic (exact) mass is 616 g/mol. The van der Waals surface area contributed by atoms with Crippen molar-refractivity contribution in [3.8, 4) is 0 Å². The zero-order valence-corrected chi connectivity index (χ0v) is 29.5. The second-order valence-corrected chi connectivity index (χ2v) is 12.3. The summed E-state index contributed by atoms with van der Waals surface area (Å²) in [5.74, 6) is -2.61. The Kier molecular flexibility index (Phi) is 27.4. The van der Waals surface area contributed by atoms with Crippen LogP contribution < -0.4 is 0 Å². The first-order valence-electron chi connectivity index (χ1n) is 18.1. The molecule has 0 saturated heterocycles. The molecule has 0 fully saturated rings. The van der Waals surface area contributed by atoms with Crippen molar-refractivity contribution in [3.05, 3.63) is 12.2 Å². The van der Waals surface area contributed by atoms with Crippen molar-refractivity contribution in [2.75, 3.05) is 39.5 Å². The maximum atomic E-state index is 10.6. The predicted octanol–water partition coefficient (Wildman–Crippen LogP) is 8.75. The highest BCUT2D eigenvalue weighted by Gasteiger charge is 2.60. The molecular weight excluding hydrogens is 542 g/mol. The summed E-state index contributed by atoms with van der Waals surface area (Å²) in [6, 6.07) is 0. The van der Waals surface area contributed by atoms with Crippen molar-refractivity contribution in [1.82, 2.24) is 4.90 Å². The number of nitrogens with zero attached hydrogens (tertiary/aromatic N) is 1. The first kappa shape index (κ1) is 42.5. The molecule has 7 nitrogen and oxygen atoms in total. The van der Waals surface area contributed by atoms with Crippen LogP contribution in [0.15, 0.2) is 12.2 Å². The summed E-state index contributed by atoms with van der Waals surface area (Å²) in [6.45, 7) is 16.5. The predicted molar refractivity (Wildman–Crippen MR) is 180 cm³/mol. The van der Waals surface area contributed by atoms with Gasteiger partial charge in [0.05, 0.1) is 38.6 Å². The molecule has 7 heteroatoms. The Morgan fingerprint density at radius 1 is 0.535 bits per heavy atom. The minimum absolute atomic E-state index is 0.260. The summed E-state index contributed by atoms with van der Waals surface area (Å²) >= 11 is 0. The van der Waals surface area contributed by atoms with Crippen LogP contribution in [0.3, 0.4) is 0 Å². The number of allylic oxidation sites excluding steroid dienone is 2. The molecule has 0 aromatic carbocycles. The van der Waals surface area contributed by atoms with Gasteiger partial charge in [-0.2, -0.15) is 0 Å². The number of aliphatic hydroxyl groups is 2. The Balaban J connectivity index is 5.77. The molecule has 0 heterocycles. The molecule has 0 aromatic rings. The van der Waals surface area contributed by atoms with Gasteiger partial charge in [0, 0.05) is 19.5 Å². The second-order valence-electron chi connectivity index (χ2n) is 12.3. The Morgan fingerprint density at radius 3 is 1.35 bits per heavy atom. The molecule has 0 saturated carbocycles. The number of hydrogen-bond acceptors (Lipinski definition) is 7. The van der Waals surface area contributed by atoms with Gasteiger partial charge in [0.25, 0.3) is 5.91 Å². The Morgan fingerprint density at radius 2 is 0.930 bits per heavy atom. The number of ether oxygens (including phenoxy) is 4. The van der Waals surface area contributed by atoms with Crippen molar-refractivity contribution in [2.45, 2.75) is 182 Å². The van der Waals surface area contributed by atoms with Gasteiger partial charge in [0.2, 0.25) is 5.79 Å². The smallest absolute Gasteiger partial charge is 0.287 e. The molecule has 0 bridgehead atoms. The lowest BCUT2D eigenvalue weighted by molar-refractivity contribution is -0.461. The van der Waals surface area contributed by atoms with Crippen LogP contribution in [0.1, 0.15) is 158 Å². The maximum Gasteiger partial charge on any atom is 0.287 e. The van der Waals surface area contributed by atoms with E-state index in [1.165, 1.54) is 51.4 Å². The van der Waals surface area contributed by atoms with E-state index in [-0.39, 0.29) is 13.1 Å². The zero-order valence-electron chi connectivity index (χ0n) is 29.5. The summed E-state index contributed by atoms with van der Waals surface area (Å²) in [7, 11) is 0. The van der Waals surface area contributed by atoms with Crippen LogP contribution >= 0.6 is 0 Å². The van der Waals surface area contributed by atoms with Gasteiger partial charge in [0.15, 0.2) is 0 Å². The summed E-state index contributed by atoms with van der Waals surface area (Å²) in [5.41, 5.74) is 0. The highest BCUT2D eigenvalue weighted by molar-refractivity contribution is 4.92. The van der Waals surface area contributed by atoms with Crippen molar-refractivity contribution in [2.24, 2.45) is 0 Å². The molecule has 2 atom stereocenters. The molecule has 258 valence electrons. The van der Waals surface area contributed by atoms with Crippen LogP contribution in [0.25, 0.3) is 0 Å². The lowest BCUT2D eigenvalue weighted by Gasteiger charge is -2.53. The Labute approximate surface area is 267 Å². The van der Waals surface area contributed by atoms with Crippen LogP contribution in [-0.2, 0) is 18.9 Å². The molecule has 0 aromatic heterocycles. The van der Waals surface area contributed by atoms with Gasteiger partial charge < -0.3 is 29.2 Å². The van der Waals surface area contributed by atoms with Crippen molar-refractivity contribution in [1.29, 1.82) is 0 Å². The summed E-state index contributed by atoms with van der Waals surface area (Å²) in [4.78, 5) is 1.92. The summed E-state index contributed by atoms with van der Waals surface area (Å²) in [5, 5.41) is 21.1. The standard InChI is InChI=1S/C36H73NO6/c1-8-13-14-15-16-17-18-19-20-21-22-23-24-25-26-35(40-27-9-2,41-28-10-3)36(42-29-11-4,43-30-12-5)37(31-33(6)38)32-34(7)39/h19-20,33-34,38-39H,8-18,21-32H2,1-7H3. The number of aliphatic hydroxyl groups excluding tert-OH is 2. The largest absolute Gasteiger partial charge is 0.392 e. The molecular formula is C36H73NO6. The average molecular weight is 616 g/mol. The molecule has 0 spiro atoms. The SMILES string of the molecule is CCCCCCCCC=CCCCCCCC(OCCC)(OCCC)C(OCCC)(OCCC)N(CC(C)O)CC(C)O. The van der Waals surface area contributed by atoms with E-state index in [9.17, 15) is 10.2 Å². The lowest BCUT2D eigenvalue weighted by atomic mass is 9.99. The quantitative estimate of drug-likeness (QED) is 0.0445. The van der Waals surface area contributed by atoms with E-state index >= 15 is 0 Å². The molecule has 43 heavy (non-hydrogen) atoms. The molecule has 2 N–H and O–H groups in total. The number of hydrogen-bond donors (Lipinski definition) is 2. The number of rotatable bonds is 32. The van der Waals surface area contributed by atoms with E-state index in [0.717, 1.165) is 51.4 Å². The molecule has 0 aliphatic heterocycles. The fourth-order valence-corrected chi connectivity index (χ4v) is 5.43. The van der Waals surface area contributed by atoms with Crippen LogP contribution in [0.4, 0.5) is 0 Å². The molecule has 0 rings (SSSR count). The van der Waals surface area contributed by atoms with Crippen LogP contribution in [0.5, 0.6) is 0 Å². The normalized spacial score (nSPS) is 14.3. The Bertz CT molecular complexity index is 601. The van der Waals surface area contributed by atoms with E-state index in [1.54, 1.807) is 13.8 Å². The van der Waals surface area contributed by atoms with Gasteiger partial charge in [0.1, 0.15) is 0 Å². The summed E-state index contributed by atoms with van der Waals surface area (Å²) < 4.78 is 26.8. The van der Waals surface area contributed by atoms with Crippen LogP contribution in [0, 0.1) is 0 Å².